The predicted molar refractivity (Wildman–Crippen MR) is 85.1 cm³/mol. The molecule has 0 saturated heterocycles. The number of rotatable bonds is 6. The van der Waals surface area contributed by atoms with Crippen molar-refractivity contribution in [1.29, 1.82) is 0 Å². The normalized spacial score (nSPS) is 10.1. The Morgan fingerprint density at radius 3 is 2.36 bits per heavy atom. The number of imide groups is 1. The number of para-hydroxylation sites is 1. The van der Waals surface area contributed by atoms with E-state index in [0.717, 1.165) is 19.3 Å². The first-order chi connectivity index (χ1) is 10.5. The molecule has 1 aromatic carbocycles. The Kier molecular flexibility index (Phi) is 7.08. The molecule has 0 unspecified atom stereocenters. The van der Waals surface area contributed by atoms with Crippen LogP contribution < -0.4 is 11.1 Å². The van der Waals surface area contributed by atoms with Gasteiger partial charge in [0.2, 0.25) is 0 Å². The summed E-state index contributed by atoms with van der Waals surface area (Å²) >= 11 is 0. The van der Waals surface area contributed by atoms with Crippen LogP contribution in [0.25, 0.3) is 0 Å². The second kappa shape index (κ2) is 8.81. The summed E-state index contributed by atoms with van der Waals surface area (Å²) in [5, 5.41) is 2.10. The van der Waals surface area contributed by atoms with Gasteiger partial charge in [0.1, 0.15) is 0 Å². The fourth-order valence-electron chi connectivity index (χ4n) is 2.01. The van der Waals surface area contributed by atoms with Crippen LogP contribution in [0.5, 0.6) is 0 Å². The standard InChI is InChI=1S/C16H23N3O3/c1-3-5-11-19(10-4-2)16(22)15(21)18-14(20)12-8-6-7-9-13(12)17/h6-9H,3-5,10-11,17H2,1-2H3,(H,18,20,21). The van der Waals surface area contributed by atoms with Crippen molar-refractivity contribution >= 4 is 23.4 Å². The van der Waals surface area contributed by atoms with Crippen LogP contribution in [0.3, 0.4) is 0 Å². The summed E-state index contributed by atoms with van der Waals surface area (Å²) in [7, 11) is 0. The van der Waals surface area contributed by atoms with Crippen LogP contribution in [0.4, 0.5) is 5.69 Å². The lowest BCUT2D eigenvalue weighted by atomic mass is 10.1. The largest absolute Gasteiger partial charge is 0.398 e. The van der Waals surface area contributed by atoms with Crippen molar-refractivity contribution in [2.45, 2.75) is 33.1 Å². The van der Waals surface area contributed by atoms with Crippen LogP contribution in [0.1, 0.15) is 43.5 Å². The fraction of sp³-hybridized carbons (Fsp3) is 0.438. The first kappa shape index (κ1) is 17.7. The third-order valence-corrected chi connectivity index (χ3v) is 3.19. The van der Waals surface area contributed by atoms with Crippen molar-refractivity contribution in [2.24, 2.45) is 0 Å². The zero-order valence-corrected chi connectivity index (χ0v) is 13.1. The topological polar surface area (TPSA) is 92.5 Å². The van der Waals surface area contributed by atoms with Gasteiger partial charge >= 0.3 is 11.8 Å². The summed E-state index contributed by atoms with van der Waals surface area (Å²) in [6, 6.07) is 6.39. The van der Waals surface area contributed by atoms with Gasteiger partial charge < -0.3 is 10.6 Å². The molecule has 0 aliphatic heterocycles. The molecule has 6 nitrogen and oxygen atoms in total. The molecular formula is C16H23N3O3. The van der Waals surface area contributed by atoms with E-state index in [1.54, 1.807) is 18.2 Å². The zero-order valence-electron chi connectivity index (χ0n) is 13.1. The van der Waals surface area contributed by atoms with E-state index in [1.165, 1.54) is 11.0 Å². The predicted octanol–water partition coefficient (Wildman–Crippen LogP) is 1.56. The van der Waals surface area contributed by atoms with Crippen molar-refractivity contribution in [3.05, 3.63) is 29.8 Å². The fourth-order valence-corrected chi connectivity index (χ4v) is 2.01. The van der Waals surface area contributed by atoms with Crippen LogP contribution in [-0.2, 0) is 9.59 Å². The third kappa shape index (κ3) is 4.87. The van der Waals surface area contributed by atoms with E-state index in [0.29, 0.717) is 13.1 Å². The second-order valence-corrected chi connectivity index (χ2v) is 5.02. The molecule has 0 heterocycles. The lowest BCUT2D eigenvalue weighted by Gasteiger charge is -2.21. The number of hydrogen-bond donors (Lipinski definition) is 2. The number of nitrogen functional groups attached to an aromatic ring is 1. The van der Waals surface area contributed by atoms with Crippen molar-refractivity contribution in [3.8, 4) is 0 Å². The minimum Gasteiger partial charge on any atom is -0.398 e. The lowest BCUT2D eigenvalue weighted by molar-refractivity contribution is -0.145. The molecule has 120 valence electrons. The van der Waals surface area contributed by atoms with Crippen molar-refractivity contribution in [3.63, 3.8) is 0 Å². The minimum absolute atomic E-state index is 0.180. The number of nitrogens with one attached hydrogen (secondary N) is 1. The molecule has 0 radical (unpaired) electrons. The SMILES string of the molecule is CCCCN(CCC)C(=O)C(=O)NC(=O)c1ccccc1N. The zero-order chi connectivity index (χ0) is 16.5. The Hall–Kier alpha value is -2.37. The molecule has 0 aliphatic rings. The number of unbranched alkanes of at least 4 members (excludes halogenated alkanes) is 1. The van der Waals surface area contributed by atoms with Gasteiger partial charge in [0.15, 0.2) is 0 Å². The Balaban J connectivity index is 2.71. The third-order valence-electron chi connectivity index (χ3n) is 3.19. The summed E-state index contributed by atoms with van der Waals surface area (Å²) < 4.78 is 0. The van der Waals surface area contributed by atoms with Crippen molar-refractivity contribution < 1.29 is 14.4 Å². The Morgan fingerprint density at radius 2 is 1.77 bits per heavy atom. The number of hydrogen-bond acceptors (Lipinski definition) is 4. The van der Waals surface area contributed by atoms with E-state index in [9.17, 15) is 14.4 Å². The molecule has 22 heavy (non-hydrogen) atoms. The molecule has 0 saturated carbocycles. The molecule has 6 heteroatoms. The second-order valence-electron chi connectivity index (χ2n) is 5.02. The Bertz CT molecular complexity index is 543. The van der Waals surface area contributed by atoms with Gasteiger partial charge in [-0.2, -0.15) is 0 Å². The average Bonchev–Trinajstić information content (AvgIpc) is 2.51. The van der Waals surface area contributed by atoms with Crippen LogP contribution in [-0.4, -0.2) is 35.7 Å². The maximum Gasteiger partial charge on any atom is 0.316 e. The number of carbonyl (C=O) groups excluding carboxylic acids is 3. The number of carbonyl (C=O) groups is 3. The van der Waals surface area contributed by atoms with Crippen LogP contribution in [0.15, 0.2) is 24.3 Å². The van der Waals surface area contributed by atoms with E-state index in [1.807, 2.05) is 13.8 Å². The number of nitrogens with zero attached hydrogens (tertiary/aromatic N) is 1. The van der Waals surface area contributed by atoms with Gasteiger partial charge in [-0.15, -0.1) is 0 Å². The van der Waals surface area contributed by atoms with Gasteiger partial charge in [-0.1, -0.05) is 32.4 Å². The highest BCUT2D eigenvalue weighted by atomic mass is 16.2. The van der Waals surface area contributed by atoms with Crippen LogP contribution >= 0.6 is 0 Å². The number of nitrogens with two attached hydrogens (primary N) is 1. The highest BCUT2D eigenvalue weighted by Crippen LogP contribution is 2.10. The average molecular weight is 305 g/mol. The summed E-state index contributed by atoms with van der Waals surface area (Å²) in [5.41, 5.74) is 6.12. The molecule has 0 aliphatic carbocycles. The van der Waals surface area contributed by atoms with E-state index < -0.39 is 17.7 Å². The molecular weight excluding hydrogens is 282 g/mol. The van der Waals surface area contributed by atoms with Gasteiger partial charge in [-0.3, -0.25) is 19.7 Å². The van der Waals surface area contributed by atoms with Gasteiger partial charge in [-0.05, 0) is 25.0 Å². The summed E-state index contributed by atoms with van der Waals surface area (Å²) in [6.07, 6.45) is 2.50. The first-order valence-corrected chi connectivity index (χ1v) is 7.50. The molecule has 1 aromatic rings. The molecule has 0 fully saturated rings. The van der Waals surface area contributed by atoms with Crippen molar-refractivity contribution in [2.75, 3.05) is 18.8 Å². The highest BCUT2D eigenvalue weighted by molar-refractivity contribution is 6.38. The molecule has 0 aromatic heterocycles. The minimum atomic E-state index is -0.919. The van der Waals surface area contributed by atoms with Gasteiger partial charge in [0.05, 0.1) is 5.56 Å². The molecule has 3 N–H and O–H groups in total. The van der Waals surface area contributed by atoms with E-state index in [2.05, 4.69) is 5.32 Å². The van der Waals surface area contributed by atoms with Gasteiger partial charge in [0, 0.05) is 18.8 Å². The van der Waals surface area contributed by atoms with E-state index in [-0.39, 0.29) is 11.3 Å². The Labute approximate surface area is 130 Å². The molecule has 0 atom stereocenters. The number of amides is 3. The van der Waals surface area contributed by atoms with E-state index >= 15 is 0 Å². The number of benzene rings is 1. The highest BCUT2D eigenvalue weighted by Gasteiger charge is 2.23. The molecule has 3 amide bonds. The van der Waals surface area contributed by atoms with Gasteiger partial charge in [0.25, 0.3) is 5.91 Å². The smallest absolute Gasteiger partial charge is 0.316 e. The van der Waals surface area contributed by atoms with Gasteiger partial charge in [-0.25, -0.2) is 0 Å². The number of anilines is 1. The summed E-state index contributed by atoms with van der Waals surface area (Å²) in [5.74, 6) is -2.26. The lowest BCUT2D eigenvalue weighted by Crippen LogP contribution is -2.45. The summed E-state index contributed by atoms with van der Waals surface area (Å²) in [6.45, 7) is 4.95. The first-order valence-electron chi connectivity index (χ1n) is 7.50. The van der Waals surface area contributed by atoms with Crippen LogP contribution in [0, 0.1) is 0 Å². The quantitative estimate of drug-likeness (QED) is 0.616. The molecule has 0 bridgehead atoms. The molecule has 0 spiro atoms. The van der Waals surface area contributed by atoms with Crippen LogP contribution in [0.2, 0.25) is 0 Å². The monoisotopic (exact) mass is 305 g/mol. The maximum absolute atomic E-state index is 12.1. The molecule has 1 rings (SSSR count). The summed E-state index contributed by atoms with van der Waals surface area (Å²) in [4.78, 5) is 37.5. The van der Waals surface area contributed by atoms with E-state index in [4.69, 9.17) is 5.73 Å². The Morgan fingerprint density at radius 1 is 1.09 bits per heavy atom. The van der Waals surface area contributed by atoms with Crippen molar-refractivity contribution in [1.82, 2.24) is 10.2 Å². The maximum atomic E-state index is 12.1.